The maximum absolute atomic E-state index is 11.9. The van der Waals surface area contributed by atoms with Crippen LogP contribution in [0.4, 0.5) is 0 Å². The number of nitrogens with zero attached hydrogens (tertiary/aromatic N) is 1. The van der Waals surface area contributed by atoms with Crippen LogP contribution in [0, 0.1) is 13.8 Å². The molecule has 0 bridgehead atoms. The Balaban J connectivity index is 1.39. The Morgan fingerprint density at radius 3 is 2.59 bits per heavy atom. The van der Waals surface area contributed by atoms with E-state index in [0.717, 1.165) is 22.6 Å². The predicted octanol–water partition coefficient (Wildman–Crippen LogP) is 3.36. The van der Waals surface area contributed by atoms with Gasteiger partial charge in [0.1, 0.15) is 5.75 Å². The average molecular weight is 396 g/mol. The first-order chi connectivity index (χ1) is 14.0. The molecule has 29 heavy (non-hydrogen) atoms. The summed E-state index contributed by atoms with van der Waals surface area (Å²) in [5.41, 5.74) is 4.46. The fourth-order valence-electron chi connectivity index (χ4n) is 3.40. The standard InChI is InChI=1S/C23H28N2O4/c1-16-14-19(17(2)25(16)20-7-8-20)6-11-23(27)29-15-22(26)24-13-12-18-4-9-21(28-3)10-5-18/h4-6,9-11,14,20H,7-8,12-13,15H2,1-3H3,(H,24,26)/b11-6+. The molecule has 0 aliphatic heterocycles. The largest absolute Gasteiger partial charge is 0.497 e. The summed E-state index contributed by atoms with van der Waals surface area (Å²) in [7, 11) is 1.62. The summed E-state index contributed by atoms with van der Waals surface area (Å²) in [6.45, 7) is 4.34. The van der Waals surface area contributed by atoms with Crippen LogP contribution in [0.1, 0.15) is 41.4 Å². The second-order valence-electron chi connectivity index (χ2n) is 7.32. The maximum atomic E-state index is 11.9. The first-order valence-corrected chi connectivity index (χ1v) is 9.91. The smallest absolute Gasteiger partial charge is 0.331 e. The van der Waals surface area contributed by atoms with Crippen molar-refractivity contribution < 1.29 is 19.1 Å². The van der Waals surface area contributed by atoms with Crippen LogP contribution in [0.5, 0.6) is 5.75 Å². The molecule has 6 heteroatoms. The molecule has 1 aliphatic carbocycles. The normalized spacial score (nSPS) is 13.5. The van der Waals surface area contributed by atoms with Crippen LogP contribution in [0.25, 0.3) is 6.08 Å². The SMILES string of the molecule is COc1ccc(CCNC(=O)COC(=O)/C=C/c2cc(C)n(C3CC3)c2C)cc1. The van der Waals surface area contributed by atoms with Gasteiger partial charge in [-0.25, -0.2) is 4.79 Å². The van der Waals surface area contributed by atoms with Gasteiger partial charge >= 0.3 is 5.97 Å². The summed E-state index contributed by atoms with van der Waals surface area (Å²) < 4.78 is 12.5. The highest BCUT2D eigenvalue weighted by Crippen LogP contribution is 2.38. The summed E-state index contributed by atoms with van der Waals surface area (Å²) in [4.78, 5) is 23.8. The second-order valence-corrected chi connectivity index (χ2v) is 7.32. The number of rotatable bonds is 9. The zero-order valence-electron chi connectivity index (χ0n) is 17.2. The van der Waals surface area contributed by atoms with E-state index in [0.29, 0.717) is 19.0 Å². The summed E-state index contributed by atoms with van der Waals surface area (Å²) in [5.74, 6) is -0.0362. The van der Waals surface area contributed by atoms with Crippen LogP contribution >= 0.6 is 0 Å². The number of aryl methyl sites for hydroxylation is 1. The Bertz CT molecular complexity index is 892. The van der Waals surface area contributed by atoms with E-state index >= 15 is 0 Å². The lowest BCUT2D eigenvalue weighted by Gasteiger charge is -2.07. The third-order valence-corrected chi connectivity index (χ3v) is 5.07. The van der Waals surface area contributed by atoms with Crippen molar-refractivity contribution in [2.24, 2.45) is 0 Å². The lowest BCUT2D eigenvalue weighted by Crippen LogP contribution is -2.30. The van der Waals surface area contributed by atoms with E-state index in [2.05, 4.69) is 29.8 Å². The van der Waals surface area contributed by atoms with Crippen molar-refractivity contribution >= 4 is 18.0 Å². The third kappa shape index (κ3) is 5.73. The van der Waals surface area contributed by atoms with Gasteiger partial charge < -0.3 is 19.4 Å². The number of ether oxygens (including phenoxy) is 2. The Kier molecular flexibility index (Phi) is 6.75. The fourth-order valence-corrected chi connectivity index (χ4v) is 3.40. The summed E-state index contributed by atoms with van der Waals surface area (Å²) in [6, 6.07) is 10.3. The number of amides is 1. The van der Waals surface area contributed by atoms with E-state index in [1.54, 1.807) is 13.2 Å². The average Bonchev–Trinajstić information content (AvgIpc) is 3.50. The number of hydrogen-bond donors (Lipinski definition) is 1. The quantitative estimate of drug-likeness (QED) is 0.521. The molecule has 0 radical (unpaired) electrons. The number of esters is 1. The van der Waals surface area contributed by atoms with Crippen molar-refractivity contribution in [2.45, 2.75) is 39.2 Å². The summed E-state index contributed by atoms with van der Waals surface area (Å²) in [5, 5.41) is 2.75. The summed E-state index contributed by atoms with van der Waals surface area (Å²) in [6.07, 6.45) is 6.26. The van der Waals surface area contributed by atoms with E-state index in [1.807, 2.05) is 24.3 Å². The highest BCUT2D eigenvalue weighted by molar-refractivity contribution is 5.89. The van der Waals surface area contributed by atoms with Crippen molar-refractivity contribution in [3.05, 3.63) is 58.9 Å². The van der Waals surface area contributed by atoms with Gasteiger partial charge in [-0.3, -0.25) is 4.79 Å². The number of nitrogens with one attached hydrogen (secondary N) is 1. The van der Waals surface area contributed by atoms with Crippen molar-refractivity contribution in [3.8, 4) is 5.75 Å². The van der Waals surface area contributed by atoms with Crippen LogP contribution in [0.3, 0.4) is 0 Å². The second kappa shape index (κ2) is 9.45. The Hall–Kier alpha value is -3.02. The van der Waals surface area contributed by atoms with Crippen molar-refractivity contribution in [1.29, 1.82) is 0 Å². The van der Waals surface area contributed by atoms with Crippen molar-refractivity contribution in [2.75, 3.05) is 20.3 Å². The zero-order chi connectivity index (χ0) is 20.8. The number of carbonyl (C=O) groups excluding carboxylic acids is 2. The number of carbonyl (C=O) groups is 2. The molecule has 0 saturated heterocycles. The molecule has 0 atom stereocenters. The minimum atomic E-state index is -0.522. The van der Waals surface area contributed by atoms with Gasteiger partial charge in [0.2, 0.25) is 0 Å². The highest BCUT2D eigenvalue weighted by atomic mass is 16.5. The Labute approximate surface area is 171 Å². The number of aromatic nitrogens is 1. The van der Waals surface area contributed by atoms with Crippen LogP contribution < -0.4 is 10.1 Å². The molecule has 2 aromatic rings. The molecule has 0 spiro atoms. The topological polar surface area (TPSA) is 69.6 Å². The first kappa shape index (κ1) is 20.7. The molecule has 6 nitrogen and oxygen atoms in total. The van der Waals surface area contributed by atoms with Gasteiger partial charge in [0.15, 0.2) is 6.61 Å². The number of hydrogen-bond acceptors (Lipinski definition) is 4. The lowest BCUT2D eigenvalue weighted by atomic mass is 10.1. The van der Waals surface area contributed by atoms with Crippen molar-refractivity contribution in [3.63, 3.8) is 0 Å². The predicted molar refractivity (Wildman–Crippen MR) is 112 cm³/mol. The zero-order valence-corrected chi connectivity index (χ0v) is 17.2. The molecule has 154 valence electrons. The third-order valence-electron chi connectivity index (χ3n) is 5.07. The highest BCUT2D eigenvalue weighted by Gasteiger charge is 2.26. The number of benzene rings is 1. The van der Waals surface area contributed by atoms with Crippen molar-refractivity contribution in [1.82, 2.24) is 9.88 Å². The molecular formula is C23H28N2O4. The number of methoxy groups -OCH3 is 1. The maximum Gasteiger partial charge on any atom is 0.331 e. The molecule has 1 aromatic heterocycles. The van der Waals surface area contributed by atoms with Crippen LogP contribution in [0.15, 0.2) is 36.4 Å². The van der Waals surface area contributed by atoms with Gasteiger partial charge in [0.05, 0.1) is 7.11 Å². The molecule has 0 unspecified atom stereocenters. The first-order valence-electron chi connectivity index (χ1n) is 9.91. The Morgan fingerprint density at radius 1 is 1.21 bits per heavy atom. The molecule has 1 aliphatic rings. The molecule has 1 amide bonds. The molecular weight excluding hydrogens is 368 g/mol. The van der Waals surface area contributed by atoms with Gasteiger partial charge in [0.25, 0.3) is 5.91 Å². The van der Waals surface area contributed by atoms with Gasteiger partial charge in [0, 0.05) is 30.1 Å². The molecule has 1 N–H and O–H groups in total. The van der Waals surface area contributed by atoms with Crippen LogP contribution in [-0.2, 0) is 20.7 Å². The van der Waals surface area contributed by atoms with E-state index in [-0.39, 0.29) is 12.5 Å². The van der Waals surface area contributed by atoms with E-state index in [4.69, 9.17) is 9.47 Å². The molecule has 1 fully saturated rings. The monoisotopic (exact) mass is 396 g/mol. The fraction of sp³-hybridized carbons (Fsp3) is 0.391. The van der Waals surface area contributed by atoms with Gasteiger partial charge in [-0.05, 0) is 68.5 Å². The van der Waals surface area contributed by atoms with E-state index < -0.39 is 5.97 Å². The van der Waals surface area contributed by atoms with Gasteiger partial charge in [-0.15, -0.1) is 0 Å². The van der Waals surface area contributed by atoms with Gasteiger partial charge in [-0.1, -0.05) is 12.1 Å². The molecule has 1 aromatic carbocycles. The van der Waals surface area contributed by atoms with Crippen LogP contribution in [0.2, 0.25) is 0 Å². The van der Waals surface area contributed by atoms with Crippen LogP contribution in [-0.4, -0.2) is 36.7 Å². The molecule has 3 rings (SSSR count). The lowest BCUT2D eigenvalue weighted by molar-refractivity contribution is -0.143. The minimum absolute atomic E-state index is 0.285. The molecule has 1 saturated carbocycles. The van der Waals surface area contributed by atoms with Gasteiger partial charge in [-0.2, -0.15) is 0 Å². The Morgan fingerprint density at radius 2 is 1.93 bits per heavy atom. The minimum Gasteiger partial charge on any atom is -0.497 e. The van der Waals surface area contributed by atoms with E-state index in [9.17, 15) is 9.59 Å². The molecule has 1 heterocycles. The summed E-state index contributed by atoms with van der Waals surface area (Å²) >= 11 is 0. The van der Waals surface area contributed by atoms with E-state index in [1.165, 1.54) is 24.6 Å².